The minimum Gasteiger partial charge on any atom is -0.496 e. The molecule has 2 aromatic carbocycles. The summed E-state index contributed by atoms with van der Waals surface area (Å²) >= 11 is 0. The van der Waals surface area contributed by atoms with E-state index in [0.717, 1.165) is 23.3 Å². The van der Waals surface area contributed by atoms with Gasteiger partial charge in [-0.2, -0.15) is 0 Å². The summed E-state index contributed by atoms with van der Waals surface area (Å²) < 4.78 is 5.30. The van der Waals surface area contributed by atoms with Crippen LogP contribution in [0.25, 0.3) is 0 Å². The van der Waals surface area contributed by atoms with Gasteiger partial charge in [0.1, 0.15) is 5.75 Å². The van der Waals surface area contributed by atoms with Gasteiger partial charge in [0.15, 0.2) is 0 Å². The number of hydrogen-bond acceptors (Lipinski definition) is 3. The first-order valence-electron chi connectivity index (χ1n) is 6.89. The van der Waals surface area contributed by atoms with Crippen LogP contribution in [-0.4, -0.2) is 7.11 Å². The molecule has 3 nitrogen and oxygen atoms in total. The standard InChI is InChI=1S/C17H22N2O/c1-4-13-6-5-7-14(11-13)17(19-18)15-8-9-16(20-3)12(2)10-15/h5-11,17,19H,4,18H2,1-3H3. The maximum atomic E-state index is 5.77. The van der Waals surface area contributed by atoms with Crippen LogP contribution in [-0.2, 0) is 6.42 Å². The highest BCUT2D eigenvalue weighted by atomic mass is 16.5. The van der Waals surface area contributed by atoms with Crippen LogP contribution in [0.5, 0.6) is 5.75 Å². The highest BCUT2D eigenvalue weighted by Crippen LogP contribution is 2.26. The molecule has 1 unspecified atom stereocenters. The molecule has 0 radical (unpaired) electrons. The number of aryl methyl sites for hydroxylation is 2. The van der Waals surface area contributed by atoms with Gasteiger partial charge in [-0.15, -0.1) is 0 Å². The zero-order chi connectivity index (χ0) is 14.5. The van der Waals surface area contributed by atoms with E-state index in [2.05, 4.69) is 48.7 Å². The molecule has 106 valence electrons. The van der Waals surface area contributed by atoms with Gasteiger partial charge in [0.05, 0.1) is 13.2 Å². The molecule has 0 aliphatic carbocycles. The Morgan fingerprint density at radius 1 is 1.15 bits per heavy atom. The van der Waals surface area contributed by atoms with Crippen molar-refractivity contribution in [2.45, 2.75) is 26.3 Å². The fraction of sp³-hybridized carbons (Fsp3) is 0.294. The quantitative estimate of drug-likeness (QED) is 0.648. The lowest BCUT2D eigenvalue weighted by atomic mass is 9.96. The lowest BCUT2D eigenvalue weighted by molar-refractivity contribution is 0.411. The van der Waals surface area contributed by atoms with Gasteiger partial charge in [-0.25, -0.2) is 5.43 Å². The van der Waals surface area contributed by atoms with Crippen LogP contribution < -0.4 is 16.0 Å². The van der Waals surface area contributed by atoms with Crippen LogP contribution in [0, 0.1) is 6.92 Å². The van der Waals surface area contributed by atoms with Gasteiger partial charge in [-0.3, -0.25) is 5.84 Å². The SMILES string of the molecule is CCc1cccc(C(NN)c2ccc(OC)c(C)c2)c1. The summed E-state index contributed by atoms with van der Waals surface area (Å²) in [7, 11) is 1.69. The van der Waals surface area contributed by atoms with Crippen molar-refractivity contribution >= 4 is 0 Å². The second kappa shape index (κ2) is 6.55. The summed E-state index contributed by atoms with van der Waals surface area (Å²) in [6.07, 6.45) is 1.02. The topological polar surface area (TPSA) is 47.3 Å². The van der Waals surface area contributed by atoms with Crippen molar-refractivity contribution in [2.24, 2.45) is 5.84 Å². The molecular weight excluding hydrogens is 248 g/mol. The fourth-order valence-corrected chi connectivity index (χ4v) is 2.46. The molecule has 2 aromatic rings. The van der Waals surface area contributed by atoms with Crippen LogP contribution in [0.3, 0.4) is 0 Å². The number of methoxy groups -OCH3 is 1. The Balaban J connectivity index is 2.38. The Labute approximate surface area is 120 Å². The molecule has 2 rings (SSSR count). The molecule has 0 bridgehead atoms. The second-order valence-corrected chi connectivity index (χ2v) is 4.93. The largest absolute Gasteiger partial charge is 0.496 e. The molecule has 0 aliphatic heterocycles. The predicted octanol–water partition coefficient (Wildman–Crippen LogP) is 3.12. The van der Waals surface area contributed by atoms with Crippen LogP contribution in [0.1, 0.15) is 35.2 Å². The van der Waals surface area contributed by atoms with Crippen molar-refractivity contribution < 1.29 is 4.74 Å². The number of rotatable bonds is 5. The Bertz CT molecular complexity index is 581. The van der Waals surface area contributed by atoms with E-state index in [1.807, 2.05) is 13.0 Å². The third kappa shape index (κ3) is 3.00. The lowest BCUT2D eigenvalue weighted by Gasteiger charge is -2.19. The summed E-state index contributed by atoms with van der Waals surface area (Å²) in [5.41, 5.74) is 7.65. The van der Waals surface area contributed by atoms with Crippen molar-refractivity contribution in [2.75, 3.05) is 7.11 Å². The normalized spacial score (nSPS) is 12.2. The maximum absolute atomic E-state index is 5.77. The van der Waals surface area contributed by atoms with Crippen LogP contribution in [0.2, 0.25) is 0 Å². The maximum Gasteiger partial charge on any atom is 0.121 e. The lowest BCUT2D eigenvalue weighted by Crippen LogP contribution is -2.29. The highest BCUT2D eigenvalue weighted by Gasteiger charge is 2.13. The molecule has 0 aliphatic rings. The fourth-order valence-electron chi connectivity index (χ4n) is 2.46. The number of nitrogens with one attached hydrogen (secondary N) is 1. The van der Waals surface area contributed by atoms with Gasteiger partial charge >= 0.3 is 0 Å². The summed E-state index contributed by atoms with van der Waals surface area (Å²) in [6.45, 7) is 4.19. The zero-order valence-corrected chi connectivity index (χ0v) is 12.3. The molecule has 0 saturated heterocycles. The highest BCUT2D eigenvalue weighted by molar-refractivity contribution is 5.41. The van der Waals surface area contributed by atoms with Gasteiger partial charge in [-0.05, 0) is 41.7 Å². The van der Waals surface area contributed by atoms with Crippen molar-refractivity contribution in [3.05, 3.63) is 64.7 Å². The van der Waals surface area contributed by atoms with Gasteiger partial charge in [-0.1, -0.05) is 43.3 Å². The monoisotopic (exact) mass is 270 g/mol. The average Bonchev–Trinajstić information content (AvgIpc) is 2.48. The molecular formula is C17H22N2O. The van der Waals surface area contributed by atoms with Gasteiger partial charge in [0.2, 0.25) is 0 Å². The summed E-state index contributed by atoms with van der Waals surface area (Å²) in [4.78, 5) is 0. The minimum absolute atomic E-state index is 0.00824. The summed E-state index contributed by atoms with van der Waals surface area (Å²) in [6, 6.07) is 14.7. The van der Waals surface area contributed by atoms with E-state index < -0.39 is 0 Å². The first-order valence-corrected chi connectivity index (χ1v) is 6.89. The van der Waals surface area contributed by atoms with E-state index >= 15 is 0 Å². The molecule has 0 fully saturated rings. The number of ether oxygens (including phenoxy) is 1. The van der Waals surface area contributed by atoms with Crippen molar-refractivity contribution in [3.63, 3.8) is 0 Å². The zero-order valence-electron chi connectivity index (χ0n) is 12.3. The van der Waals surface area contributed by atoms with E-state index in [4.69, 9.17) is 10.6 Å². The average molecular weight is 270 g/mol. The predicted molar refractivity (Wildman–Crippen MR) is 82.7 cm³/mol. The molecule has 20 heavy (non-hydrogen) atoms. The Hall–Kier alpha value is -1.84. The van der Waals surface area contributed by atoms with Gasteiger partial charge < -0.3 is 4.74 Å². The third-order valence-electron chi connectivity index (χ3n) is 3.61. The van der Waals surface area contributed by atoms with Crippen LogP contribution in [0.15, 0.2) is 42.5 Å². The summed E-state index contributed by atoms with van der Waals surface area (Å²) in [5, 5.41) is 0. The number of nitrogens with two attached hydrogens (primary N) is 1. The van der Waals surface area contributed by atoms with E-state index in [1.54, 1.807) is 7.11 Å². The van der Waals surface area contributed by atoms with E-state index in [0.29, 0.717) is 0 Å². The number of hydrogen-bond donors (Lipinski definition) is 2. The minimum atomic E-state index is -0.00824. The first-order chi connectivity index (χ1) is 9.69. The van der Waals surface area contributed by atoms with Gasteiger partial charge in [0, 0.05) is 0 Å². The van der Waals surface area contributed by atoms with E-state index in [9.17, 15) is 0 Å². The molecule has 3 N–H and O–H groups in total. The van der Waals surface area contributed by atoms with E-state index in [-0.39, 0.29) is 6.04 Å². The Morgan fingerprint density at radius 3 is 2.50 bits per heavy atom. The third-order valence-corrected chi connectivity index (χ3v) is 3.61. The molecule has 0 amide bonds. The van der Waals surface area contributed by atoms with Gasteiger partial charge in [0.25, 0.3) is 0 Å². The Morgan fingerprint density at radius 2 is 1.90 bits per heavy atom. The smallest absolute Gasteiger partial charge is 0.121 e. The van der Waals surface area contributed by atoms with Crippen LogP contribution >= 0.6 is 0 Å². The number of hydrazine groups is 1. The second-order valence-electron chi connectivity index (χ2n) is 4.93. The number of benzene rings is 2. The van der Waals surface area contributed by atoms with Crippen molar-refractivity contribution in [1.29, 1.82) is 0 Å². The van der Waals surface area contributed by atoms with Crippen molar-refractivity contribution in [1.82, 2.24) is 5.43 Å². The Kier molecular flexibility index (Phi) is 4.77. The van der Waals surface area contributed by atoms with E-state index in [1.165, 1.54) is 11.1 Å². The molecule has 0 aromatic heterocycles. The van der Waals surface area contributed by atoms with Crippen molar-refractivity contribution in [3.8, 4) is 5.75 Å². The molecule has 0 saturated carbocycles. The molecule has 3 heteroatoms. The molecule has 0 spiro atoms. The first kappa shape index (κ1) is 14.6. The molecule has 0 heterocycles. The summed E-state index contributed by atoms with van der Waals surface area (Å²) in [5.74, 6) is 6.66. The molecule has 1 atom stereocenters. The van der Waals surface area contributed by atoms with Crippen LogP contribution in [0.4, 0.5) is 0 Å².